The molecule has 2 saturated heterocycles. The monoisotopic (exact) mass is 244 g/mol. The summed E-state index contributed by atoms with van der Waals surface area (Å²) in [4.78, 5) is 0. The summed E-state index contributed by atoms with van der Waals surface area (Å²) in [5.41, 5.74) is 0. The molecule has 5 nitrogen and oxygen atoms in total. The van der Waals surface area contributed by atoms with Crippen LogP contribution in [0.25, 0.3) is 0 Å². The highest BCUT2D eigenvalue weighted by molar-refractivity contribution is 5.03. The number of fused-ring (bicyclic) bond motifs is 3. The molecule has 0 unspecified atom stereocenters. The smallest absolute Gasteiger partial charge is 0.164 e. The van der Waals surface area contributed by atoms with E-state index >= 15 is 0 Å². The summed E-state index contributed by atoms with van der Waals surface area (Å²) in [7, 11) is 0. The van der Waals surface area contributed by atoms with Crippen molar-refractivity contribution >= 4 is 0 Å². The van der Waals surface area contributed by atoms with Crippen LogP contribution in [-0.2, 0) is 18.9 Å². The Morgan fingerprint density at radius 1 is 0.824 bits per heavy atom. The van der Waals surface area contributed by atoms with E-state index in [1.165, 1.54) is 0 Å². The van der Waals surface area contributed by atoms with Crippen molar-refractivity contribution < 1.29 is 24.1 Å². The molecule has 1 N–H and O–H groups in total. The number of aliphatic hydroxyl groups is 1. The summed E-state index contributed by atoms with van der Waals surface area (Å²) in [6.45, 7) is 7.48. The highest BCUT2D eigenvalue weighted by Crippen LogP contribution is 2.44. The summed E-state index contributed by atoms with van der Waals surface area (Å²) < 4.78 is 23.2. The third kappa shape index (κ3) is 1.90. The minimum Gasteiger partial charge on any atom is -0.390 e. The first-order valence-corrected chi connectivity index (χ1v) is 6.17. The van der Waals surface area contributed by atoms with Gasteiger partial charge in [-0.05, 0) is 27.7 Å². The highest BCUT2D eigenvalue weighted by Gasteiger charge is 2.59. The van der Waals surface area contributed by atoms with E-state index in [1.807, 2.05) is 27.7 Å². The van der Waals surface area contributed by atoms with Crippen LogP contribution < -0.4 is 0 Å². The van der Waals surface area contributed by atoms with Gasteiger partial charge in [0.2, 0.25) is 0 Å². The molecular weight excluding hydrogens is 224 g/mol. The van der Waals surface area contributed by atoms with E-state index in [0.29, 0.717) is 6.42 Å². The number of hydrogen-bond acceptors (Lipinski definition) is 5. The summed E-state index contributed by atoms with van der Waals surface area (Å²) in [6, 6.07) is 0. The van der Waals surface area contributed by atoms with Gasteiger partial charge in [-0.15, -0.1) is 0 Å². The highest BCUT2D eigenvalue weighted by atomic mass is 16.8. The zero-order valence-electron chi connectivity index (χ0n) is 10.7. The topological polar surface area (TPSA) is 57.2 Å². The van der Waals surface area contributed by atoms with E-state index in [2.05, 4.69) is 0 Å². The Labute approximate surface area is 101 Å². The Kier molecular flexibility index (Phi) is 2.39. The maximum atomic E-state index is 10.1. The maximum absolute atomic E-state index is 10.1. The summed E-state index contributed by atoms with van der Waals surface area (Å²) in [6.07, 6.45) is -0.849. The van der Waals surface area contributed by atoms with Gasteiger partial charge in [-0.2, -0.15) is 0 Å². The third-order valence-electron chi connectivity index (χ3n) is 3.56. The molecular formula is C12H20O5. The molecule has 0 aromatic heterocycles. The lowest BCUT2D eigenvalue weighted by Crippen LogP contribution is -2.53. The van der Waals surface area contributed by atoms with Crippen LogP contribution in [0.15, 0.2) is 0 Å². The fraction of sp³-hybridized carbons (Fsp3) is 1.00. The second-order valence-corrected chi connectivity index (χ2v) is 6.01. The standard InChI is InChI=1S/C12H20O5/c1-11(2)14-7-5-6(13)8-10(9(7)16-11)17-12(3,4)15-8/h6-10,13H,5H2,1-4H3/t6-,7+,8+,9+,10-/m1/s1. The Morgan fingerprint density at radius 3 is 2.06 bits per heavy atom. The van der Waals surface area contributed by atoms with Gasteiger partial charge in [0.25, 0.3) is 0 Å². The molecule has 1 saturated carbocycles. The van der Waals surface area contributed by atoms with Crippen LogP contribution in [0, 0.1) is 0 Å². The van der Waals surface area contributed by atoms with E-state index in [1.54, 1.807) is 0 Å². The van der Waals surface area contributed by atoms with Crippen molar-refractivity contribution in [1.29, 1.82) is 0 Å². The fourth-order valence-electron chi connectivity index (χ4n) is 3.06. The lowest BCUT2D eigenvalue weighted by atomic mass is 9.87. The molecule has 0 bridgehead atoms. The van der Waals surface area contributed by atoms with E-state index in [-0.39, 0.29) is 24.4 Å². The van der Waals surface area contributed by atoms with Gasteiger partial charge in [-0.25, -0.2) is 0 Å². The lowest BCUT2D eigenvalue weighted by molar-refractivity contribution is -0.177. The van der Waals surface area contributed by atoms with Crippen LogP contribution in [0.4, 0.5) is 0 Å². The third-order valence-corrected chi connectivity index (χ3v) is 3.56. The van der Waals surface area contributed by atoms with Gasteiger partial charge < -0.3 is 24.1 Å². The number of rotatable bonds is 0. The first kappa shape index (κ1) is 11.9. The second-order valence-electron chi connectivity index (χ2n) is 6.01. The first-order valence-electron chi connectivity index (χ1n) is 6.17. The summed E-state index contributed by atoms with van der Waals surface area (Å²) >= 11 is 0. The lowest BCUT2D eigenvalue weighted by Gasteiger charge is -2.34. The van der Waals surface area contributed by atoms with Crippen LogP contribution in [0.3, 0.4) is 0 Å². The predicted octanol–water partition coefficient (Wildman–Crippen LogP) is 0.791. The molecule has 3 rings (SSSR count). The molecule has 98 valence electrons. The molecule has 2 aliphatic heterocycles. The van der Waals surface area contributed by atoms with Crippen LogP contribution in [0.5, 0.6) is 0 Å². The van der Waals surface area contributed by atoms with Gasteiger partial charge in [-0.1, -0.05) is 0 Å². The van der Waals surface area contributed by atoms with Crippen molar-refractivity contribution in [1.82, 2.24) is 0 Å². The number of aliphatic hydroxyl groups excluding tert-OH is 1. The van der Waals surface area contributed by atoms with Crippen molar-refractivity contribution in [2.75, 3.05) is 0 Å². The molecule has 1 aliphatic carbocycles. The average Bonchev–Trinajstić information content (AvgIpc) is 2.62. The van der Waals surface area contributed by atoms with Gasteiger partial charge in [0, 0.05) is 6.42 Å². The number of hydrogen-bond donors (Lipinski definition) is 1. The minimum absolute atomic E-state index is 0.112. The molecule has 2 heterocycles. The predicted molar refractivity (Wildman–Crippen MR) is 58.3 cm³/mol. The molecule has 0 amide bonds. The minimum atomic E-state index is -0.665. The normalized spacial score (nSPS) is 51.0. The first-order chi connectivity index (χ1) is 7.77. The van der Waals surface area contributed by atoms with Gasteiger partial charge in [-0.3, -0.25) is 0 Å². The molecule has 3 aliphatic rings. The van der Waals surface area contributed by atoms with Crippen LogP contribution in [-0.4, -0.2) is 47.2 Å². The Morgan fingerprint density at radius 2 is 1.35 bits per heavy atom. The van der Waals surface area contributed by atoms with Gasteiger partial charge in [0.1, 0.15) is 18.3 Å². The summed E-state index contributed by atoms with van der Waals surface area (Å²) in [5, 5.41) is 10.1. The molecule has 0 aromatic carbocycles. The summed E-state index contributed by atoms with van der Waals surface area (Å²) in [5.74, 6) is -1.28. The Hall–Kier alpha value is -0.200. The van der Waals surface area contributed by atoms with Crippen molar-refractivity contribution in [3.05, 3.63) is 0 Å². The average molecular weight is 244 g/mol. The SMILES string of the molecule is CC1(C)O[C@@H]2[C@@H](O1)[C@H](O)C[C@@H]1OC(C)(C)O[C@H]21. The zero-order valence-corrected chi connectivity index (χ0v) is 10.7. The second kappa shape index (κ2) is 3.42. The van der Waals surface area contributed by atoms with E-state index in [0.717, 1.165) is 0 Å². The van der Waals surface area contributed by atoms with Crippen molar-refractivity contribution in [2.45, 2.75) is 76.2 Å². The Balaban J connectivity index is 1.86. The van der Waals surface area contributed by atoms with Crippen LogP contribution in [0.2, 0.25) is 0 Å². The Bertz CT molecular complexity index is 327. The van der Waals surface area contributed by atoms with Crippen LogP contribution in [0.1, 0.15) is 34.1 Å². The molecule has 5 atom stereocenters. The molecule has 0 radical (unpaired) electrons. The maximum Gasteiger partial charge on any atom is 0.164 e. The fourth-order valence-corrected chi connectivity index (χ4v) is 3.06. The van der Waals surface area contributed by atoms with E-state index in [9.17, 15) is 5.11 Å². The van der Waals surface area contributed by atoms with Crippen molar-refractivity contribution in [2.24, 2.45) is 0 Å². The molecule has 0 aromatic rings. The van der Waals surface area contributed by atoms with Crippen LogP contribution >= 0.6 is 0 Å². The van der Waals surface area contributed by atoms with Crippen molar-refractivity contribution in [3.8, 4) is 0 Å². The quantitative estimate of drug-likeness (QED) is 0.682. The zero-order chi connectivity index (χ0) is 12.4. The van der Waals surface area contributed by atoms with E-state index < -0.39 is 17.7 Å². The largest absolute Gasteiger partial charge is 0.390 e. The molecule has 17 heavy (non-hydrogen) atoms. The molecule has 5 heteroatoms. The van der Waals surface area contributed by atoms with Gasteiger partial charge >= 0.3 is 0 Å². The van der Waals surface area contributed by atoms with Crippen molar-refractivity contribution in [3.63, 3.8) is 0 Å². The van der Waals surface area contributed by atoms with Gasteiger partial charge in [0.05, 0.1) is 12.2 Å². The number of ether oxygens (including phenoxy) is 4. The van der Waals surface area contributed by atoms with Gasteiger partial charge in [0.15, 0.2) is 11.6 Å². The molecule has 3 fully saturated rings. The molecule has 0 spiro atoms. The van der Waals surface area contributed by atoms with E-state index in [4.69, 9.17) is 18.9 Å².